The molecule has 0 saturated carbocycles. The molecule has 2 rings (SSSR count). The van der Waals surface area contributed by atoms with Crippen molar-refractivity contribution in [3.63, 3.8) is 0 Å². The first-order chi connectivity index (χ1) is 13.0. The van der Waals surface area contributed by atoms with Gasteiger partial charge in [0.25, 0.3) is 11.8 Å². The average Bonchev–Trinajstić information content (AvgIpc) is 2.69. The summed E-state index contributed by atoms with van der Waals surface area (Å²) >= 11 is 5.73. The summed E-state index contributed by atoms with van der Waals surface area (Å²) in [5.74, 6) is -1.37. The molecule has 8 heteroatoms. The number of rotatable bonds is 7. The number of halogens is 1. The second-order valence-corrected chi connectivity index (χ2v) is 5.89. The Hall–Kier alpha value is -3.06. The zero-order valence-corrected chi connectivity index (χ0v) is 15.4. The normalized spacial score (nSPS) is 10.0. The number of benzene rings is 2. The fraction of sp³-hybridized carbons (Fsp3) is 0.211. The van der Waals surface area contributed by atoms with E-state index in [0.717, 1.165) is 12.0 Å². The molecule has 0 aliphatic carbocycles. The molecule has 0 saturated heterocycles. The van der Waals surface area contributed by atoms with Gasteiger partial charge in [-0.05, 0) is 48.4 Å². The van der Waals surface area contributed by atoms with Gasteiger partial charge < -0.3 is 9.47 Å². The highest BCUT2D eigenvalue weighted by Crippen LogP contribution is 2.12. The van der Waals surface area contributed by atoms with Crippen molar-refractivity contribution in [2.24, 2.45) is 0 Å². The molecule has 0 fully saturated rings. The zero-order chi connectivity index (χ0) is 19.6. The smallest absolute Gasteiger partial charge is 0.344 e. The molecule has 0 unspecified atom stereocenters. The van der Waals surface area contributed by atoms with Crippen molar-refractivity contribution in [3.05, 3.63) is 64.7 Å². The molecule has 27 heavy (non-hydrogen) atoms. The van der Waals surface area contributed by atoms with E-state index in [1.807, 2.05) is 19.1 Å². The standard InChI is InChI=1S/C19H19ClN2O5/c1-2-13-3-9-16(10-4-13)26-12-18(24)27-11-17(23)21-22-19(25)14-5-7-15(20)8-6-14/h3-10H,2,11-12H2,1H3,(H,21,23)(H,22,25). The summed E-state index contributed by atoms with van der Waals surface area (Å²) in [4.78, 5) is 35.0. The van der Waals surface area contributed by atoms with Crippen molar-refractivity contribution in [3.8, 4) is 5.75 Å². The lowest BCUT2D eigenvalue weighted by atomic mass is 10.2. The van der Waals surface area contributed by atoms with Crippen LogP contribution in [0.15, 0.2) is 48.5 Å². The summed E-state index contributed by atoms with van der Waals surface area (Å²) in [6.45, 7) is 1.17. The Morgan fingerprint density at radius 2 is 1.59 bits per heavy atom. The lowest BCUT2D eigenvalue weighted by molar-refractivity contribution is -0.150. The minimum Gasteiger partial charge on any atom is -0.482 e. The van der Waals surface area contributed by atoms with E-state index in [-0.39, 0.29) is 6.61 Å². The van der Waals surface area contributed by atoms with Gasteiger partial charge in [-0.1, -0.05) is 30.7 Å². The van der Waals surface area contributed by atoms with Crippen molar-refractivity contribution in [2.75, 3.05) is 13.2 Å². The van der Waals surface area contributed by atoms with E-state index < -0.39 is 24.4 Å². The van der Waals surface area contributed by atoms with Crippen LogP contribution in [0, 0.1) is 0 Å². The topological polar surface area (TPSA) is 93.7 Å². The maximum absolute atomic E-state index is 11.8. The van der Waals surface area contributed by atoms with Crippen molar-refractivity contribution < 1.29 is 23.9 Å². The predicted molar refractivity (Wildman–Crippen MR) is 99.3 cm³/mol. The first-order valence-electron chi connectivity index (χ1n) is 8.20. The second-order valence-electron chi connectivity index (χ2n) is 5.46. The van der Waals surface area contributed by atoms with Gasteiger partial charge in [-0.2, -0.15) is 0 Å². The molecule has 2 amide bonds. The van der Waals surface area contributed by atoms with Crippen LogP contribution in [0.5, 0.6) is 5.75 Å². The van der Waals surface area contributed by atoms with Gasteiger partial charge in [0.15, 0.2) is 13.2 Å². The van der Waals surface area contributed by atoms with Gasteiger partial charge in [0.1, 0.15) is 5.75 Å². The van der Waals surface area contributed by atoms with Gasteiger partial charge in [-0.3, -0.25) is 20.4 Å². The van der Waals surface area contributed by atoms with Gasteiger partial charge in [0.05, 0.1) is 0 Å². The monoisotopic (exact) mass is 390 g/mol. The number of esters is 1. The van der Waals surface area contributed by atoms with E-state index in [9.17, 15) is 14.4 Å². The molecule has 142 valence electrons. The highest BCUT2D eigenvalue weighted by molar-refractivity contribution is 6.30. The molecule has 2 aromatic carbocycles. The van der Waals surface area contributed by atoms with Crippen molar-refractivity contribution in [1.82, 2.24) is 10.9 Å². The average molecular weight is 391 g/mol. The number of amides is 2. The predicted octanol–water partition coefficient (Wildman–Crippen LogP) is 2.29. The molecule has 0 bridgehead atoms. The van der Waals surface area contributed by atoms with Gasteiger partial charge in [0, 0.05) is 10.6 Å². The first kappa shape index (κ1) is 20.3. The van der Waals surface area contributed by atoms with Crippen LogP contribution in [0.2, 0.25) is 5.02 Å². The minimum absolute atomic E-state index is 0.319. The molecule has 0 aromatic heterocycles. The Bertz CT molecular complexity index is 791. The summed E-state index contributed by atoms with van der Waals surface area (Å²) in [7, 11) is 0. The quantitative estimate of drug-likeness (QED) is 0.558. The summed E-state index contributed by atoms with van der Waals surface area (Å²) in [5.41, 5.74) is 5.83. The second kappa shape index (κ2) is 10.2. The van der Waals surface area contributed by atoms with Crippen molar-refractivity contribution in [2.45, 2.75) is 13.3 Å². The Morgan fingerprint density at radius 1 is 0.926 bits per heavy atom. The van der Waals surface area contributed by atoms with E-state index in [1.165, 1.54) is 12.1 Å². The van der Waals surface area contributed by atoms with Gasteiger partial charge in [-0.25, -0.2) is 4.79 Å². The third kappa shape index (κ3) is 6.99. The number of hydrogen-bond donors (Lipinski definition) is 2. The summed E-state index contributed by atoms with van der Waals surface area (Å²) in [5, 5.41) is 0.492. The SMILES string of the molecule is CCc1ccc(OCC(=O)OCC(=O)NNC(=O)c2ccc(Cl)cc2)cc1. The highest BCUT2D eigenvalue weighted by Gasteiger charge is 2.10. The number of carbonyl (C=O) groups excluding carboxylic acids is 3. The minimum atomic E-state index is -0.700. The van der Waals surface area contributed by atoms with Crippen LogP contribution in [0.25, 0.3) is 0 Å². The number of aryl methyl sites for hydroxylation is 1. The number of carbonyl (C=O) groups is 3. The molecule has 0 aliphatic rings. The van der Waals surface area contributed by atoms with Crippen LogP contribution in [-0.2, 0) is 20.7 Å². The third-order valence-electron chi connectivity index (χ3n) is 3.47. The lowest BCUT2D eigenvalue weighted by Gasteiger charge is -2.09. The zero-order valence-electron chi connectivity index (χ0n) is 14.7. The van der Waals surface area contributed by atoms with E-state index >= 15 is 0 Å². The summed E-state index contributed by atoms with van der Waals surface area (Å²) in [6, 6.07) is 13.4. The number of hydrogen-bond acceptors (Lipinski definition) is 5. The molecule has 0 spiro atoms. The van der Waals surface area contributed by atoms with Gasteiger partial charge in [0.2, 0.25) is 0 Å². The Balaban J connectivity index is 1.66. The highest BCUT2D eigenvalue weighted by atomic mass is 35.5. The van der Waals surface area contributed by atoms with Crippen LogP contribution in [0.3, 0.4) is 0 Å². The Labute approximate surface area is 161 Å². The van der Waals surface area contributed by atoms with Crippen LogP contribution in [-0.4, -0.2) is 31.0 Å². The van der Waals surface area contributed by atoms with Crippen molar-refractivity contribution >= 4 is 29.4 Å². The van der Waals surface area contributed by atoms with Crippen LogP contribution in [0.1, 0.15) is 22.8 Å². The van der Waals surface area contributed by atoms with Gasteiger partial charge >= 0.3 is 5.97 Å². The maximum atomic E-state index is 11.8. The molecular weight excluding hydrogens is 372 g/mol. The Morgan fingerprint density at radius 3 is 2.22 bits per heavy atom. The summed E-state index contributed by atoms with van der Waals surface area (Å²) in [6.07, 6.45) is 0.909. The first-order valence-corrected chi connectivity index (χ1v) is 8.58. The van der Waals surface area contributed by atoms with E-state index in [1.54, 1.807) is 24.3 Å². The van der Waals surface area contributed by atoms with Crippen LogP contribution < -0.4 is 15.6 Å². The molecule has 0 aliphatic heterocycles. The van der Waals surface area contributed by atoms with E-state index in [0.29, 0.717) is 16.3 Å². The molecule has 0 atom stereocenters. The maximum Gasteiger partial charge on any atom is 0.344 e. The third-order valence-corrected chi connectivity index (χ3v) is 3.73. The number of hydrazine groups is 1. The van der Waals surface area contributed by atoms with Crippen molar-refractivity contribution in [1.29, 1.82) is 0 Å². The Kier molecular flexibility index (Phi) is 7.63. The summed E-state index contributed by atoms with van der Waals surface area (Å²) < 4.78 is 10.1. The number of ether oxygens (including phenoxy) is 2. The largest absolute Gasteiger partial charge is 0.482 e. The molecule has 2 aromatic rings. The fourth-order valence-electron chi connectivity index (χ4n) is 1.99. The molecule has 0 heterocycles. The lowest BCUT2D eigenvalue weighted by Crippen LogP contribution is -2.43. The van der Waals surface area contributed by atoms with Crippen LogP contribution >= 0.6 is 11.6 Å². The molecular formula is C19H19ClN2O5. The van der Waals surface area contributed by atoms with E-state index in [2.05, 4.69) is 10.9 Å². The fourth-order valence-corrected chi connectivity index (χ4v) is 2.11. The van der Waals surface area contributed by atoms with Crippen LogP contribution in [0.4, 0.5) is 0 Å². The molecule has 0 radical (unpaired) electrons. The number of nitrogens with one attached hydrogen (secondary N) is 2. The molecule has 7 nitrogen and oxygen atoms in total. The van der Waals surface area contributed by atoms with Gasteiger partial charge in [-0.15, -0.1) is 0 Å². The molecule has 2 N–H and O–H groups in total. The van der Waals surface area contributed by atoms with E-state index in [4.69, 9.17) is 21.1 Å².